The van der Waals surface area contributed by atoms with E-state index in [0.717, 1.165) is 11.3 Å². The molecule has 2 rings (SSSR count). The Balaban J connectivity index is 2.32. The molecular weight excluding hydrogens is 284 g/mol. The van der Waals surface area contributed by atoms with Crippen LogP contribution in [0.5, 0.6) is 0 Å². The number of hydrogen-bond acceptors (Lipinski definition) is 2. The summed E-state index contributed by atoms with van der Waals surface area (Å²) in [5, 5.41) is 3.44. The number of halogens is 1. The van der Waals surface area contributed by atoms with Gasteiger partial charge in [0.15, 0.2) is 0 Å². The average Bonchev–Trinajstić information content (AvgIpc) is 2.37. The van der Waals surface area contributed by atoms with Gasteiger partial charge in [-0.15, -0.1) is 0 Å². The molecule has 1 amide bonds. The lowest BCUT2D eigenvalue weighted by molar-refractivity contribution is 0.102. The Morgan fingerprint density at radius 2 is 1.81 bits per heavy atom. The number of nitrogens with one attached hydrogen (secondary N) is 1. The zero-order chi connectivity index (χ0) is 15.6. The molecule has 0 aliphatic heterocycles. The van der Waals surface area contributed by atoms with Gasteiger partial charge in [-0.05, 0) is 35.2 Å². The van der Waals surface area contributed by atoms with Crippen molar-refractivity contribution in [1.29, 1.82) is 0 Å². The zero-order valence-electron chi connectivity index (χ0n) is 12.4. The van der Waals surface area contributed by atoms with Crippen molar-refractivity contribution in [2.45, 2.75) is 26.2 Å². The van der Waals surface area contributed by atoms with Crippen LogP contribution in [0.25, 0.3) is 0 Å². The van der Waals surface area contributed by atoms with Crippen LogP contribution in [0, 0.1) is 0 Å². The fourth-order valence-electron chi connectivity index (χ4n) is 2.18. The normalized spacial score (nSPS) is 11.2. The van der Waals surface area contributed by atoms with Gasteiger partial charge in [-0.25, -0.2) is 0 Å². The van der Waals surface area contributed by atoms with Crippen LogP contribution in [0.1, 0.15) is 36.7 Å². The smallest absolute Gasteiger partial charge is 0.257 e. The van der Waals surface area contributed by atoms with Crippen molar-refractivity contribution in [3.63, 3.8) is 0 Å². The molecule has 110 valence electrons. The lowest BCUT2D eigenvalue weighted by Crippen LogP contribution is -2.19. The van der Waals surface area contributed by atoms with Crippen LogP contribution in [-0.2, 0) is 5.41 Å². The SMILES string of the molecule is CC(C)(C)c1ccccc1NC(=O)c1ccc(Cl)cc1N. The number of para-hydroxylation sites is 1. The maximum Gasteiger partial charge on any atom is 0.257 e. The molecule has 0 aliphatic carbocycles. The molecule has 0 fully saturated rings. The largest absolute Gasteiger partial charge is 0.398 e. The van der Waals surface area contributed by atoms with Gasteiger partial charge in [0.2, 0.25) is 0 Å². The number of rotatable bonds is 2. The summed E-state index contributed by atoms with van der Waals surface area (Å²) in [7, 11) is 0. The third kappa shape index (κ3) is 3.56. The number of nitrogen functional groups attached to an aromatic ring is 1. The van der Waals surface area contributed by atoms with Gasteiger partial charge in [-0.3, -0.25) is 4.79 Å². The Labute approximate surface area is 130 Å². The van der Waals surface area contributed by atoms with Crippen molar-refractivity contribution in [3.8, 4) is 0 Å². The Hall–Kier alpha value is -2.00. The molecule has 3 nitrogen and oxygen atoms in total. The summed E-state index contributed by atoms with van der Waals surface area (Å²) in [4.78, 5) is 12.4. The average molecular weight is 303 g/mol. The number of hydrogen-bond donors (Lipinski definition) is 2. The van der Waals surface area contributed by atoms with Crippen molar-refractivity contribution >= 4 is 28.9 Å². The standard InChI is InChI=1S/C17H19ClN2O/c1-17(2,3)13-6-4-5-7-15(13)20-16(21)12-9-8-11(18)10-14(12)19/h4-10H,19H2,1-3H3,(H,20,21). The lowest BCUT2D eigenvalue weighted by atomic mass is 9.86. The summed E-state index contributed by atoms with van der Waals surface area (Å²) < 4.78 is 0. The summed E-state index contributed by atoms with van der Waals surface area (Å²) >= 11 is 5.86. The Morgan fingerprint density at radius 1 is 1.14 bits per heavy atom. The first-order chi connectivity index (χ1) is 9.79. The highest BCUT2D eigenvalue weighted by atomic mass is 35.5. The van der Waals surface area contributed by atoms with Crippen molar-refractivity contribution < 1.29 is 4.79 Å². The highest BCUT2D eigenvalue weighted by Crippen LogP contribution is 2.30. The number of nitrogens with two attached hydrogens (primary N) is 1. The van der Waals surface area contributed by atoms with E-state index in [-0.39, 0.29) is 11.3 Å². The van der Waals surface area contributed by atoms with Crippen LogP contribution in [0.2, 0.25) is 5.02 Å². The van der Waals surface area contributed by atoms with E-state index in [4.69, 9.17) is 17.3 Å². The van der Waals surface area contributed by atoms with Crippen LogP contribution in [-0.4, -0.2) is 5.91 Å². The second-order valence-electron chi connectivity index (χ2n) is 5.98. The van der Waals surface area contributed by atoms with Crippen molar-refractivity contribution in [2.24, 2.45) is 0 Å². The van der Waals surface area contributed by atoms with Gasteiger partial charge in [0.25, 0.3) is 5.91 Å². The third-order valence-electron chi connectivity index (χ3n) is 3.24. The Morgan fingerprint density at radius 3 is 2.43 bits per heavy atom. The number of anilines is 2. The van der Waals surface area contributed by atoms with Gasteiger partial charge >= 0.3 is 0 Å². The molecule has 4 heteroatoms. The lowest BCUT2D eigenvalue weighted by Gasteiger charge is -2.23. The van der Waals surface area contributed by atoms with E-state index in [1.165, 1.54) is 0 Å². The number of amides is 1. The van der Waals surface area contributed by atoms with Crippen LogP contribution >= 0.6 is 11.6 Å². The van der Waals surface area contributed by atoms with Gasteiger partial charge in [0.1, 0.15) is 0 Å². The zero-order valence-corrected chi connectivity index (χ0v) is 13.2. The molecule has 0 atom stereocenters. The fraction of sp³-hybridized carbons (Fsp3) is 0.235. The Kier molecular flexibility index (Phi) is 4.24. The molecule has 0 aliphatic rings. The van der Waals surface area contributed by atoms with Crippen LogP contribution in [0.3, 0.4) is 0 Å². The van der Waals surface area contributed by atoms with E-state index < -0.39 is 0 Å². The molecule has 0 saturated heterocycles. The van der Waals surface area contributed by atoms with Crippen molar-refractivity contribution in [1.82, 2.24) is 0 Å². The summed E-state index contributed by atoms with van der Waals surface area (Å²) in [6.07, 6.45) is 0. The summed E-state index contributed by atoms with van der Waals surface area (Å²) in [6, 6.07) is 12.6. The van der Waals surface area contributed by atoms with Crippen molar-refractivity contribution in [2.75, 3.05) is 11.1 Å². The maximum absolute atomic E-state index is 12.4. The number of carbonyl (C=O) groups excluding carboxylic acids is 1. The van der Waals surface area contributed by atoms with Gasteiger partial charge in [-0.2, -0.15) is 0 Å². The van der Waals surface area contributed by atoms with E-state index in [0.29, 0.717) is 16.3 Å². The first-order valence-corrected chi connectivity index (χ1v) is 7.13. The van der Waals surface area contributed by atoms with Gasteiger partial charge in [-0.1, -0.05) is 50.6 Å². The molecule has 0 bridgehead atoms. The molecule has 0 saturated carbocycles. The summed E-state index contributed by atoms with van der Waals surface area (Å²) in [5.41, 5.74) is 8.45. The monoisotopic (exact) mass is 302 g/mol. The molecule has 2 aromatic carbocycles. The molecule has 0 radical (unpaired) electrons. The van der Waals surface area contributed by atoms with Gasteiger partial charge < -0.3 is 11.1 Å². The number of carbonyl (C=O) groups is 1. The summed E-state index contributed by atoms with van der Waals surface area (Å²) in [5.74, 6) is -0.235. The predicted octanol–water partition coefficient (Wildman–Crippen LogP) is 4.47. The minimum Gasteiger partial charge on any atom is -0.398 e. The molecule has 3 N–H and O–H groups in total. The predicted molar refractivity (Wildman–Crippen MR) is 89.0 cm³/mol. The third-order valence-corrected chi connectivity index (χ3v) is 3.48. The van der Waals surface area contributed by atoms with Crippen LogP contribution < -0.4 is 11.1 Å². The first-order valence-electron chi connectivity index (χ1n) is 6.75. The highest BCUT2D eigenvalue weighted by Gasteiger charge is 2.19. The Bertz CT molecular complexity index is 675. The molecule has 0 unspecified atom stereocenters. The van der Waals surface area contributed by atoms with Gasteiger partial charge in [0.05, 0.1) is 5.56 Å². The van der Waals surface area contributed by atoms with Crippen molar-refractivity contribution in [3.05, 3.63) is 58.6 Å². The molecular formula is C17H19ClN2O. The van der Waals surface area contributed by atoms with E-state index >= 15 is 0 Å². The number of benzene rings is 2. The quantitative estimate of drug-likeness (QED) is 0.804. The highest BCUT2D eigenvalue weighted by molar-refractivity contribution is 6.31. The second-order valence-corrected chi connectivity index (χ2v) is 6.42. The van der Waals surface area contributed by atoms with Gasteiger partial charge in [0, 0.05) is 16.4 Å². The van der Waals surface area contributed by atoms with Crippen LogP contribution in [0.15, 0.2) is 42.5 Å². The first kappa shape index (κ1) is 15.4. The fourth-order valence-corrected chi connectivity index (χ4v) is 2.36. The molecule has 0 heterocycles. The van der Waals surface area contributed by atoms with E-state index in [1.807, 2.05) is 24.3 Å². The van der Waals surface area contributed by atoms with Crippen LogP contribution in [0.4, 0.5) is 11.4 Å². The minimum atomic E-state index is -0.235. The van der Waals surface area contributed by atoms with E-state index in [9.17, 15) is 4.79 Å². The summed E-state index contributed by atoms with van der Waals surface area (Å²) in [6.45, 7) is 6.32. The second kappa shape index (κ2) is 5.78. The molecule has 21 heavy (non-hydrogen) atoms. The van der Waals surface area contributed by atoms with E-state index in [1.54, 1.807) is 18.2 Å². The minimum absolute atomic E-state index is 0.0601. The molecule has 0 spiro atoms. The maximum atomic E-state index is 12.4. The molecule has 0 aromatic heterocycles. The van der Waals surface area contributed by atoms with E-state index in [2.05, 4.69) is 26.1 Å². The topological polar surface area (TPSA) is 55.1 Å². The molecule has 2 aromatic rings.